The zero-order valence-corrected chi connectivity index (χ0v) is 6.62. The second-order valence-corrected chi connectivity index (χ2v) is 2.37. The summed E-state index contributed by atoms with van der Waals surface area (Å²) < 4.78 is 0. The summed E-state index contributed by atoms with van der Waals surface area (Å²) in [6, 6.07) is 0. The van der Waals surface area contributed by atoms with Gasteiger partial charge in [0.1, 0.15) is 0 Å². The van der Waals surface area contributed by atoms with Gasteiger partial charge in [0.15, 0.2) is 0 Å². The highest BCUT2D eigenvalue weighted by molar-refractivity contribution is 5.29. The Labute approximate surface area is 67.0 Å². The van der Waals surface area contributed by atoms with Crippen molar-refractivity contribution in [1.29, 1.82) is 0 Å². The summed E-state index contributed by atoms with van der Waals surface area (Å²) in [6.07, 6.45) is 9.33. The van der Waals surface area contributed by atoms with E-state index < -0.39 is 0 Å². The van der Waals surface area contributed by atoms with Gasteiger partial charge in [-0.1, -0.05) is 12.7 Å². The number of rotatable bonds is 1. The number of nitrogens with zero attached hydrogens (tertiary/aromatic N) is 1. The van der Waals surface area contributed by atoms with E-state index in [9.17, 15) is 0 Å². The predicted molar refractivity (Wildman–Crippen MR) is 47.2 cm³/mol. The van der Waals surface area contributed by atoms with Gasteiger partial charge in [0.2, 0.25) is 0 Å². The van der Waals surface area contributed by atoms with Crippen molar-refractivity contribution in [2.24, 2.45) is 5.73 Å². The molecular weight excluding hydrogens is 136 g/mol. The van der Waals surface area contributed by atoms with E-state index in [1.165, 1.54) is 0 Å². The Morgan fingerprint density at radius 3 is 2.91 bits per heavy atom. The quantitative estimate of drug-likeness (QED) is 0.613. The molecule has 0 bridgehead atoms. The average Bonchev–Trinajstić information content (AvgIpc) is 2.04. The van der Waals surface area contributed by atoms with Crippen molar-refractivity contribution in [3.05, 3.63) is 48.6 Å². The molecule has 11 heavy (non-hydrogen) atoms. The van der Waals surface area contributed by atoms with Crippen molar-refractivity contribution in [2.45, 2.75) is 6.92 Å². The summed E-state index contributed by atoms with van der Waals surface area (Å²) in [7, 11) is 0. The predicted octanol–water partition coefficient (Wildman–Crippen LogP) is 1.71. The molecule has 1 rings (SSSR count). The molecule has 0 unspecified atom stereocenters. The second kappa shape index (κ2) is 3.10. The van der Waals surface area contributed by atoms with Gasteiger partial charge in [0.05, 0.1) is 0 Å². The molecule has 58 valence electrons. The maximum atomic E-state index is 5.36. The zero-order chi connectivity index (χ0) is 8.27. The summed E-state index contributed by atoms with van der Waals surface area (Å²) >= 11 is 0. The molecule has 0 aliphatic carbocycles. The summed E-state index contributed by atoms with van der Waals surface area (Å²) in [4.78, 5) is 1.93. The van der Waals surface area contributed by atoms with E-state index in [-0.39, 0.29) is 0 Å². The van der Waals surface area contributed by atoms with Crippen LogP contribution in [0.2, 0.25) is 0 Å². The molecule has 0 amide bonds. The van der Waals surface area contributed by atoms with Gasteiger partial charge in [-0.2, -0.15) is 0 Å². The lowest BCUT2D eigenvalue weighted by Crippen LogP contribution is -2.14. The van der Waals surface area contributed by atoms with Gasteiger partial charge in [-0.3, -0.25) is 0 Å². The lowest BCUT2D eigenvalue weighted by atomic mass is 10.3. The van der Waals surface area contributed by atoms with Crippen LogP contribution in [0.4, 0.5) is 0 Å². The Morgan fingerprint density at radius 2 is 2.36 bits per heavy atom. The van der Waals surface area contributed by atoms with Crippen molar-refractivity contribution in [3.63, 3.8) is 0 Å². The van der Waals surface area contributed by atoms with Crippen LogP contribution < -0.4 is 5.73 Å². The molecule has 0 saturated heterocycles. The van der Waals surface area contributed by atoms with E-state index in [1.54, 1.807) is 6.20 Å². The number of allylic oxidation sites excluding steroid dienone is 4. The van der Waals surface area contributed by atoms with Crippen LogP contribution in [-0.2, 0) is 0 Å². The second-order valence-electron chi connectivity index (χ2n) is 2.37. The first-order valence-electron chi connectivity index (χ1n) is 3.47. The van der Waals surface area contributed by atoms with E-state index in [1.807, 2.05) is 36.3 Å². The van der Waals surface area contributed by atoms with Crippen LogP contribution in [0, 0.1) is 0 Å². The average molecular weight is 148 g/mol. The first kappa shape index (κ1) is 7.66. The van der Waals surface area contributed by atoms with Gasteiger partial charge in [0.25, 0.3) is 0 Å². The molecule has 0 spiro atoms. The van der Waals surface area contributed by atoms with E-state index >= 15 is 0 Å². The van der Waals surface area contributed by atoms with Gasteiger partial charge in [-0.15, -0.1) is 0 Å². The number of hydrogen-bond donors (Lipinski definition) is 1. The maximum Gasteiger partial charge on any atom is 0.0380 e. The van der Waals surface area contributed by atoms with Crippen LogP contribution in [0.1, 0.15) is 6.92 Å². The fraction of sp³-hybridized carbons (Fsp3) is 0.111. The topological polar surface area (TPSA) is 29.3 Å². The first-order valence-corrected chi connectivity index (χ1v) is 3.47. The van der Waals surface area contributed by atoms with Crippen molar-refractivity contribution in [2.75, 3.05) is 0 Å². The maximum absolute atomic E-state index is 5.36. The minimum Gasteiger partial charge on any atom is -0.403 e. The Bertz CT molecular complexity index is 244. The lowest BCUT2D eigenvalue weighted by molar-refractivity contribution is 0.590. The van der Waals surface area contributed by atoms with Gasteiger partial charge >= 0.3 is 0 Å². The zero-order valence-electron chi connectivity index (χ0n) is 6.62. The van der Waals surface area contributed by atoms with Crippen molar-refractivity contribution >= 4 is 0 Å². The third kappa shape index (κ3) is 1.52. The Hall–Kier alpha value is -1.44. The minimum atomic E-state index is 0.937. The smallest absolute Gasteiger partial charge is 0.0380 e. The highest BCUT2D eigenvalue weighted by Crippen LogP contribution is 2.15. The minimum absolute atomic E-state index is 0.937. The molecule has 1 heterocycles. The lowest BCUT2D eigenvalue weighted by Gasteiger charge is -2.22. The Balaban J connectivity index is 2.82. The summed E-state index contributed by atoms with van der Waals surface area (Å²) in [5.41, 5.74) is 7.28. The molecule has 0 radical (unpaired) electrons. The van der Waals surface area contributed by atoms with E-state index in [4.69, 9.17) is 5.73 Å². The van der Waals surface area contributed by atoms with Crippen LogP contribution in [0.25, 0.3) is 0 Å². The Kier molecular flexibility index (Phi) is 2.16. The van der Waals surface area contributed by atoms with E-state index in [2.05, 4.69) is 6.58 Å². The van der Waals surface area contributed by atoms with Crippen molar-refractivity contribution in [3.8, 4) is 0 Å². The summed E-state index contributed by atoms with van der Waals surface area (Å²) in [5, 5.41) is 0. The van der Waals surface area contributed by atoms with Crippen LogP contribution in [0.3, 0.4) is 0 Å². The molecule has 0 atom stereocenters. The van der Waals surface area contributed by atoms with Gasteiger partial charge in [-0.05, 0) is 19.1 Å². The molecule has 0 aromatic heterocycles. The molecule has 0 aromatic rings. The van der Waals surface area contributed by atoms with Crippen molar-refractivity contribution < 1.29 is 0 Å². The highest BCUT2D eigenvalue weighted by Gasteiger charge is 2.04. The van der Waals surface area contributed by atoms with Gasteiger partial charge < -0.3 is 10.6 Å². The normalized spacial score (nSPS) is 17.7. The number of nitrogens with two attached hydrogens (primary N) is 1. The molecule has 2 nitrogen and oxygen atoms in total. The van der Waals surface area contributed by atoms with E-state index in [0.717, 1.165) is 11.4 Å². The highest BCUT2D eigenvalue weighted by atomic mass is 15.1. The van der Waals surface area contributed by atoms with Crippen molar-refractivity contribution in [1.82, 2.24) is 4.90 Å². The monoisotopic (exact) mass is 148 g/mol. The molecule has 0 saturated carbocycles. The fourth-order valence-corrected chi connectivity index (χ4v) is 0.903. The SMILES string of the molecule is C=C1C=CC=CN1/C(C)=C\N. The molecule has 1 aliphatic heterocycles. The van der Waals surface area contributed by atoms with E-state index in [0.29, 0.717) is 0 Å². The number of hydrogen-bond acceptors (Lipinski definition) is 2. The van der Waals surface area contributed by atoms with Gasteiger partial charge in [-0.25, -0.2) is 0 Å². The molecule has 2 N–H and O–H groups in total. The van der Waals surface area contributed by atoms with Crippen LogP contribution in [0.15, 0.2) is 48.6 Å². The fourth-order valence-electron chi connectivity index (χ4n) is 0.903. The molecule has 1 aliphatic rings. The first-order chi connectivity index (χ1) is 5.25. The largest absolute Gasteiger partial charge is 0.403 e. The summed E-state index contributed by atoms with van der Waals surface area (Å²) in [5.74, 6) is 0. The third-order valence-electron chi connectivity index (χ3n) is 1.57. The molecule has 0 aromatic carbocycles. The molecule has 0 fully saturated rings. The van der Waals surface area contributed by atoms with Gasteiger partial charge in [0, 0.05) is 23.8 Å². The van der Waals surface area contributed by atoms with Crippen LogP contribution in [0.5, 0.6) is 0 Å². The third-order valence-corrected chi connectivity index (χ3v) is 1.57. The Morgan fingerprint density at radius 1 is 1.64 bits per heavy atom. The standard InChI is InChI=1S/C9H12N2/c1-8-5-3-4-6-11(8)9(2)7-10/h3-7H,1,10H2,2H3/b9-7-. The molecular formula is C9H12N2. The molecule has 2 heteroatoms. The van der Waals surface area contributed by atoms with Crippen LogP contribution in [-0.4, -0.2) is 4.90 Å². The summed E-state index contributed by atoms with van der Waals surface area (Å²) in [6.45, 7) is 5.80. The van der Waals surface area contributed by atoms with Crippen LogP contribution >= 0.6 is 0 Å².